The van der Waals surface area contributed by atoms with E-state index in [4.69, 9.17) is 0 Å². The highest BCUT2D eigenvalue weighted by Crippen LogP contribution is 2.11. The van der Waals surface area contributed by atoms with Gasteiger partial charge in [0.2, 0.25) is 0 Å². The Bertz CT molecular complexity index is 107. The topological polar surface area (TPSA) is 12.0 Å². The fraction of sp³-hybridized carbons (Fsp3) is 0.750. The van der Waals surface area contributed by atoms with Crippen molar-refractivity contribution in [3.8, 4) is 0 Å². The van der Waals surface area contributed by atoms with Gasteiger partial charge in [0.25, 0.3) is 0 Å². The van der Waals surface area contributed by atoms with Crippen molar-refractivity contribution in [2.45, 2.75) is 38.8 Å². The standard InChI is InChI=1S/C8H15N/c1-3-4-8-6-5-7(2)9-8/h3-4,7-9H,5-6H2,1-2H3/b4-3+. The molecule has 1 heteroatoms. The molecule has 1 N–H and O–H groups in total. The van der Waals surface area contributed by atoms with Gasteiger partial charge >= 0.3 is 0 Å². The third-order valence-corrected chi connectivity index (χ3v) is 1.83. The largest absolute Gasteiger partial charge is 0.308 e. The van der Waals surface area contributed by atoms with Crippen LogP contribution >= 0.6 is 0 Å². The summed E-state index contributed by atoms with van der Waals surface area (Å²) in [6.07, 6.45) is 7.00. The van der Waals surface area contributed by atoms with E-state index in [1.165, 1.54) is 12.8 Å². The van der Waals surface area contributed by atoms with Crippen LogP contribution in [0.25, 0.3) is 0 Å². The van der Waals surface area contributed by atoms with Crippen LogP contribution in [0.2, 0.25) is 0 Å². The molecule has 0 aromatic rings. The van der Waals surface area contributed by atoms with Gasteiger partial charge in [-0.2, -0.15) is 0 Å². The second kappa shape index (κ2) is 3.02. The number of rotatable bonds is 1. The third kappa shape index (κ3) is 1.83. The predicted octanol–water partition coefficient (Wildman–Crippen LogP) is 1.70. The van der Waals surface area contributed by atoms with E-state index in [0.29, 0.717) is 6.04 Å². The zero-order chi connectivity index (χ0) is 6.69. The molecular weight excluding hydrogens is 110 g/mol. The van der Waals surface area contributed by atoms with Gasteiger partial charge in [-0.05, 0) is 26.7 Å². The van der Waals surface area contributed by atoms with E-state index in [1.54, 1.807) is 0 Å². The van der Waals surface area contributed by atoms with Crippen LogP contribution in [0.4, 0.5) is 0 Å². The molecule has 0 spiro atoms. The van der Waals surface area contributed by atoms with Gasteiger partial charge in [-0.1, -0.05) is 12.2 Å². The summed E-state index contributed by atoms with van der Waals surface area (Å²) in [7, 11) is 0. The molecule has 0 aromatic heterocycles. The zero-order valence-electron chi connectivity index (χ0n) is 6.22. The smallest absolute Gasteiger partial charge is 0.0252 e. The maximum absolute atomic E-state index is 3.47. The number of hydrogen-bond donors (Lipinski definition) is 1. The summed E-state index contributed by atoms with van der Waals surface area (Å²) >= 11 is 0. The highest BCUT2D eigenvalue weighted by molar-refractivity contribution is 4.96. The Hall–Kier alpha value is -0.300. The molecule has 52 valence electrons. The summed E-state index contributed by atoms with van der Waals surface area (Å²) in [6, 6.07) is 1.39. The normalized spacial score (nSPS) is 36.2. The molecule has 0 aliphatic carbocycles. The van der Waals surface area contributed by atoms with Gasteiger partial charge in [0, 0.05) is 12.1 Å². The molecule has 0 aromatic carbocycles. The van der Waals surface area contributed by atoms with Crippen LogP contribution in [0.3, 0.4) is 0 Å². The van der Waals surface area contributed by atoms with Gasteiger partial charge in [-0.25, -0.2) is 0 Å². The van der Waals surface area contributed by atoms with Crippen molar-refractivity contribution in [2.75, 3.05) is 0 Å². The monoisotopic (exact) mass is 125 g/mol. The van der Waals surface area contributed by atoms with Crippen LogP contribution in [-0.4, -0.2) is 12.1 Å². The van der Waals surface area contributed by atoms with E-state index in [-0.39, 0.29) is 0 Å². The van der Waals surface area contributed by atoms with Gasteiger partial charge in [0.1, 0.15) is 0 Å². The molecule has 2 unspecified atom stereocenters. The minimum Gasteiger partial charge on any atom is -0.308 e. The maximum atomic E-state index is 3.47. The number of nitrogens with one attached hydrogen (secondary N) is 1. The minimum atomic E-state index is 0.657. The quantitative estimate of drug-likeness (QED) is 0.526. The Morgan fingerprint density at radius 2 is 2.22 bits per heavy atom. The summed E-state index contributed by atoms with van der Waals surface area (Å²) in [5.74, 6) is 0. The van der Waals surface area contributed by atoms with Gasteiger partial charge < -0.3 is 5.32 Å². The van der Waals surface area contributed by atoms with E-state index >= 15 is 0 Å². The molecule has 1 saturated heterocycles. The van der Waals surface area contributed by atoms with Crippen molar-refractivity contribution in [2.24, 2.45) is 0 Å². The SMILES string of the molecule is C/C=C/C1CCC(C)N1. The number of allylic oxidation sites excluding steroid dienone is 1. The molecule has 0 amide bonds. The van der Waals surface area contributed by atoms with Gasteiger partial charge in [0.05, 0.1) is 0 Å². The summed E-state index contributed by atoms with van der Waals surface area (Å²) in [5.41, 5.74) is 0. The average Bonchev–Trinajstić information content (AvgIpc) is 2.17. The molecule has 0 radical (unpaired) electrons. The summed E-state index contributed by atoms with van der Waals surface area (Å²) in [5, 5.41) is 3.47. The first-order valence-electron chi connectivity index (χ1n) is 3.72. The van der Waals surface area contributed by atoms with Crippen molar-refractivity contribution >= 4 is 0 Å². The Morgan fingerprint density at radius 3 is 2.67 bits per heavy atom. The maximum Gasteiger partial charge on any atom is 0.0252 e. The van der Waals surface area contributed by atoms with Crippen molar-refractivity contribution < 1.29 is 0 Å². The lowest BCUT2D eigenvalue weighted by Crippen LogP contribution is -2.24. The first-order valence-corrected chi connectivity index (χ1v) is 3.72. The van der Waals surface area contributed by atoms with Crippen molar-refractivity contribution in [3.63, 3.8) is 0 Å². The predicted molar refractivity (Wildman–Crippen MR) is 40.4 cm³/mol. The van der Waals surface area contributed by atoms with Crippen molar-refractivity contribution in [3.05, 3.63) is 12.2 Å². The van der Waals surface area contributed by atoms with E-state index in [2.05, 4.69) is 31.3 Å². The van der Waals surface area contributed by atoms with Gasteiger partial charge in [-0.15, -0.1) is 0 Å². The molecule has 1 fully saturated rings. The second-order valence-electron chi connectivity index (χ2n) is 2.78. The lowest BCUT2D eigenvalue weighted by molar-refractivity contribution is 0.627. The van der Waals surface area contributed by atoms with Gasteiger partial charge in [-0.3, -0.25) is 0 Å². The van der Waals surface area contributed by atoms with Crippen LogP contribution < -0.4 is 5.32 Å². The molecule has 1 nitrogen and oxygen atoms in total. The van der Waals surface area contributed by atoms with E-state index in [9.17, 15) is 0 Å². The summed E-state index contributed by atoms with van der Waals surface area (Å²) in [6.45, 7) is 4.31. The molecular formula is C8H15N. The molecule has 1 aliphatic heterocycles. The number of hydrogen-bond acceptors (Lipinski definition) is 1. The lowest BCUT2D eigenvalue weighted by Gasteiger charge is -2.04. The Morgan fingerprint density at radius 1 is 1.44 bits per heavy atom. The highest BCUT2D eigenvalue weighted by atomic mass is 15.0. The molecule has 1 aliphatic rings. The minimum absolute atomic E-state index is 0.657. The molecule has 2 atom stereocenters. The van der Waals surface area contributed by atoms with E-state index in [1.807, 2.05) is 0 Å². The lowest BCUT2D eigenvalue weighted by atomic mass is 10.2. The summed E-state index contributed by atoms with van der Waals surface area (Å²) in [4.78, 5) is 0. The third-order valence-electron chi connectivity index (χ3n) is 1.83. The Kier molecular flexibility index (Phi) is 2.29. The van der Waals surface area contributed by atoms with E-state index < -0.39 is 0 Å². The fourth-order valence-corrected chi connectivity index (χ4v) is 1.35. The van der Waals surface area contributed by atoms with Crippen LogP contribution in [0.1, 0.15) is 26.7 Å². The second-order valence-corrected chi connectivity index (χ2v) is 2.78. The van der Waals surface area contributed by atoms with Crippen LogP contribution in [0.5, 0.6) is 0 Å². The Labute approximate surface area is 57.1 Å². The van der Waals surface area contributed by atoms with Crippen LogP contribution in [0.15, 0.2) is 12.2 Å². The van der Waals surface area contributed by atoms with Crippen molar-refractivity contribution in [1.29, 1.82) is 0 Å². The molecule has 1 heterocycles. The zero-order valence-corrected chi connectivity index (χ0v) is 6.22. The highest BCUT2D eigenvalue weighted by Gasteiger charge is 2.16. The molecule has 1 rings (SSSR count). The fourth-order valence-electron chi connectivity index (χ4n) is 1.35. The van der Waals surface area contributed by atoms with Crippen molar-refractivity contribution in [1.82, 2.24) is 5.32 Å². The van der Waals surface area contributed by atoms with Crippen LogP contribution in [-0.2, 0) is 0 Å². The average molecular weight is 125 g/mol. The first-order chi connectivity index (χ1) is 4.33. The molecule has 9 heavy (non-hydrogen) atoms. The van der Waals surface area contributed by atoms with E-state index in [0.717, 1.165) is 6.04 Å². The van der Waals surface area contributed by atoms with Gasteiger partial charge in [0.15, 0.2) is 0 Å². The van der Waals surface area contributed by atoms with Crippen LogP contribution in [0, 0.1) is 0 Å². The molecule has 0 saturated carbocycles. The Balaban J connectivity index is 2.30. The first kappa shape index (κ1) is 6.81. The summed E-state index contributed by atoms with van der Waals surface area (Å²) < 4.78 is 0. The molecule has 0 bridgehead atoms.